The Balaban J connectivity index is 2.75. The standard InChI is InChI=1S/C14H19NO4/c1-14(2,3)19-13(18)12(15)10-6-4-9(5-7-10)8-11(16)17/h4-7,12H,8,15H2,1-3H3,(H,16,17). The molecule has 0 spiro atoms. The zero-order valence-corrected chi connectivity index (χ0v) is 11.3. The maximum absolute atomic E-state index is 11.8. The van der Waals surface area contributed by atoms with Gasteiger partial charge in [0, 0.05) is 0 Å². The Labute approximate surface area is 112 Å². The first kappa shape index (κ1) is 15.2. The van der Waals surface area contributed by atoms with Gasteiger partial charge in [0.2, 0.25) is 0 Å². The van der Waals surface area contributed by atoms with Crippen LogP contribution >= 0.6 is 0 Å². The molecule has 0 heterocycles. The van der Waals surface area contributed by atoms with Gasteiger partial charge in [-0.3, -0.25) is 4.79 Å². The summed E-state index contributed by atoms with van der Waals surface area (Å²) >= 11 is 0. The maximum atomic E-state index is 11.8. The van der Waals surface area contributed by atoms with Crippen molar-refractivity contribution in [2.24, 2.45) is 5.73 Å². The lowest BCUT2D eigenvalue weighted by atomic mass is 10.0. The number of nitrogens with two attached hydrogens (primary N) is 1. The smallest absolute Gasteiger partial charge is 0.328 e. The minimum Gasteiger partial charge on any atom is -0.481 e. The van der Waals surface area contributed by atoms with Crippen molar-refractivity contribution in [1.82, 2.24) is 0 Å². The van der Waals surface area contributed by atoms with Gasteiger partial charge >= 0.3 is 11.9 Å². The van der Waals surface area contributed by atoms with E-state index in [1.807, 2.05) is 0 Å². The summed E-state index contributed by atoms with van der Waals surface area (Å²) in [7, 11) is 0. The summed E-state index contributed by atoms with van der Waals surface area (Å²) in [6.07, 6.45) is -0.0536. The molecule has 0 bridgehead atoms. The fourth-order valence-corrected chi connectivity index (χ4v) is 1.52. The molecule has 0 aliphatic heterocycles. The SMILES string of the molecule is CC(C)(C)OC(=O)C(N)c1ccc(CC(=O)O)cc1. The first-order valence-corrected chi connectivity index (χ1v) is 5.98. The molecule has 0 aliphatic rings. The summed E-state index contributed by atoms with van der Waals surface area (Å²) in [5, 5.41) is 8.66. The van der Waals surface area contributed by atoms with Crippen LogP contribution in [0.2, 0.25) is 0 Å². The number of carboxylic acid groups (broad SMARTS) is 1. The molecule has 1 unspecified atom stereocenters. The van der Waals surface area contributed by atoms with Crippen LogP contribution in [0.25, 0.3) is 0 Å². The van der Waals surface area contributed by atoms with Crippen molar-refractivity contribution in [1.29, 1.82) is 0 Å². The van der Waals surface area contributed by atoms with E-state index >= 15 is 0 Å². The van der Waals surface area contributed by atoms with Gasteiger partial charge in [-0.25, -0.2) is 4.79 Å². The van der Waals surface area contributed by atoms with Gasteiger partial charge < -0.3 is 15.6 Å². The summed E-state index contributed by atoms with van der Waals surface area (Å²) in [4.78, 5) is 22.3. The van der Waals surface area contributed by atoms with Crippen LogP contribution in [0, 0.1) is 0 Å². The Morgan fingerprint density at radius 2 is 1.79 bits per heavy atom. The lowest BCUT2D eigenvalue weighted by molar-refractivity contribution is -0.156. The van der Waals surface area contributed by atoms with Crippen molar-refractivity contribution in [3.8, 4) is 0 Å². The van der Waals surface area contributed by atoms with E-state index in [-0.39, 0.29) is 6.42 Å². The van der Waals surface area contributed by atoms with Crippen LogP contribution in [-0.4, -0.2) is 22.6 Å². The number of carbonyl (C=O) groups is 2. The third-order valence-corrected chi connectivity index (χ3v) is 2.35. The number of aliphatic carboxylic acids is 1. The number of benzene rings is 1. The average Bonchev–Trinajstić information content (AvgIpc) is 2.26. The molecule has 0 aliphatic carbocycles. The van der Waals surface area contributed by atoms with Crippen molar-refractivity contribution >= 4 is 11.9 Å². The number of carbonyl (C=O) groups excluding carboxylic acids is 1. The monoisotopic (exact) mass is 265 g/mol. The van der Waals surface area contributed by atoms with Crippen molar-refractivity contribution in [3.05, 3.63) is 35.4 Å². The Morgan fingerprint density at radius 1 is 1.26 bits per heavy atom. The highest BCUT2D eigenvalue weighted by Gasteiger charge is 2.23. The average molecular weight is 265 g/mol. The van der Waals surface area contributed by atoms with Crippen LogP contribution in [0.3, 0.4) is 0 Å². The molecule has 5 nitrogen and oxygen atoms in total. The van der Waals surface area contributed by atoms with Crippen LogP contribution in [0.5, 0.6) is 0 Å². The quantitative estimate of drug-likeness (QED) is 0.808. The van der Waals surface area contributed by atoms with Gasteiger partial charge in [0.1, 0.15) is 11.6 Å². The summed E-state index contributed by atoms with van der Waals surface area (Å²) in [5.41, 5.74) is 6.48. The number of ether oxygens (including phenoxy) is 1. The predicted octanol–water partition coefficient (Wildman–Crippen LogP) is 1.66. The second kappa shape index (κ2) is 5.84. The molecule has 0 amide bonds. The Hall–Kier alpha value is -1.88. The molecule has 0 saturated heterocycles. The molecule has 1 atom stereocenters. The first-order chi connectivity index (χ1) is 8.69. The lowest BCUT2D eigenvalue weighted by Gasteiger charge is -2.22. The molecule has 1 aromatic carbocycles. The van der Waals surface area contributed by atoms with Gasteiger partial charge in [-0.15, -0.1) is 0 Å². The molecular formula is C14H19NO4. The number of rotatable bonds is 4. The minimum atomic E-state index is -0.899. The van der Waals surface area contributed by atoms with E-state index in [2.05, 4.69) is 0 Å². The molecule has 0 aromatic heterocycles. The van der Waals surface area contributed by atoms with Gasteiger partial charge in [-0.1, -0.05) is 24.3 Å². The fraction of sp³-hybridized carbons (Fsp3) is 0.429. The van der Waals surface area contributed by atoms with Crippen molar-refractivity contribution in [2.75, 3.05) is 0 Å². The summed E-state index contributed by atoms with van der Waals surface area (Å²) in [6, 6.07) is 5.72. The van der Waals surface area contributed by atoms with Crippen molar-refractivity contribution in [3.63, 3.8) is 0 Å². The van der Waals surface area contributed by atoms with Gasteiger partial charge in [0.05, 0.1) is 6.42 Å². The van der Waals surface area contributed by atoms with Crippen LogP contribution in [-0.2, 0) is 20.7 Å². The molecule has 3 N–H and O–H groups in total. The van der Waals surface area contributed by atoms with Crippen LogP contribution < -0.4 is 5.73 Å². The molecule has 0 fully saturated rings. The second-order valence-electron chi connectivity index (χ2n) is 5.32. The highest BCUT2D eigenvalue weighted by atomic mass is 16.6. The summed E-state index contributed by atoms with van der Waals surface area (Å²) in [6.45, 7) is 5.31. The van der Waals surface area contributed by atoms with E-state index in [4.69, 9.17) is 15.6 Å². The highest BCUT2D eigenvalue weighted by molar-refractivity contribution is 5.78. The Kier molecular flexibility index (Phi) is 4.67. The van der Waals surface area contributed by atoms with E-state index in [9.17, 15) is 9.59 Å². The van der Waals surface area contributed by atoms with Gasteiger partial charge in [0.25, 0.3) is 0 Å². The number of esters is 1. The normalized spacial score (nSPS) is 12.8. The number of hydrogen-bond donors (Lipinski definition) is 2. The molecule has 1 aromatic rings. The van der Waals surface area contributed by atoms with Gasteiger partial charge in [-0.05, 0) is 31.9 Å². The van der Waals surface area contributed by atoms with Crippen molar-refractivity contribution in [2.45, 2.75) is 38.8 Å². The molecule has 19 heavy (non-hydrogen) atoms. The van der Waals surface area contributed by atoms with E-state index in [0.717, 1.165) is 0 Å². The molecule has 5 heteroatoms. The Morgan fingerprint density at radius 3 is 2.21 bits per heavy atom. The molecule has 0 saturated carbocycles. The van der Waals surface area contributed by atoms with Crippen LogP contribution in [0.15, 0.2) is 24.3 Å². The van der Waals surface area contributed by atoms with E-state index in [0.29, 0.717) is 11.1 Å². The zero-order valence-electron chi connectivity index (χ0n) is 11.3. The highest BCUT2D eigenvalue weighted by Crippen LogP contribution is 2.17. The molecule has 104 valence electrons. The predicted molar refractivity (Wildman–Crippen MR) is 70.6 cm³/mol. The molecule has 0 radical (unpaired) electrons. The third kappa shape index (κ3) is 5.09. The van der Waals surface area contributed by atoms with E-state index in [1.165, 1.54) is 0 Å². The topological polar surface area (TPSA) is 89.6 Å². The van der Waals surface area contributed by atoms with Gasteiger partial charge in [-0.2, -0.15) is 0 Å². The Bertz CT molecular complexity index is 459. The van der Waals surface area contributed by atoms with Gasteiger partial charge in [0.15, 0.2) is 0 Å². The number of hydrogen-bond acceptors (Lipinski definition) is 4. The largest absolute Gasteiger partial charge is 0.481 e. The molecular weight excluding hydrogens is 246 g/mol. The van der Waals surface area contributed by atoms with Crippen LogP contribution in [0.1, 0.15) is 37.9 Å². The minimum absolute atomic E-state index is 0.0536. The number of carboxylic acids is 1. The summed E-state index contributed by atoms with van der Waals surface area (Å²) in [5.74, 6) is -1.40. The van der Waals surface area contributed by atoms with E-state index < -0.39 is 23.6 Å². The van der Waals surface area contributed by atoms with E-state index in [1.54, 1.807) is 45.0 Å². The van der Waals surface area contributed by atoms with Crippen molar-refractivity contribution < 1.29 is 19.4 Å². The lowest BCUT2D eigenvalue weighted by Crippen LogP contribution is -2.31. The summed E-state index contributed by atoms with van der Waals surface area (Å²) < 4.78 is 5.19. The van der Waals surface area contributed by atoms with Crippen LogP contribution in [0.4, 0.5) is 0 Å². The zero-order chi connectivity index (χ0) is 14.6. The molecule has 1 rings (SSSR count). The fourth-order valence-electron chi connectivity index (χ4n) is 1.52. The maximum Gasteiger partial charge on any atom is 0.328 e. The second-order valence-corrected chi connectivity index (χ2v) is 5.32. The third-order valence-electron chi connectivity index (χ3n) is 2.35. The first-order valence-electron chi connectivity index (χ1n) is 5.98.